The zero-order valence-corrected chi connectivity index (χ0v) is 11.5. The van der Waals surface area contributed by atoms with Crippen LogP contribution in [0.15, 0.2) is 46.9 Å². The van der Waals surface area contributed by atoms with Crippen LogP contribution in [0.5, 0.6) is 0 Å². The highest BCUT2D eigenvalue weighted by Gasteiger charge is 2.10. The van der Waals surface area contributed by atoms with Gasteiger partial charge in [0.25, 0.3) is 0 Å². The molecule has 3 rings (SSSR count). The quantitative estimate of drug-likeness (QED) is 0.749. The van der Waals surface area contributed by atoms with Gasteiger partial charge < -0.3 is 9.73 Å². The first-order chi connectivity index (χ1) is 10.2. The molecular weight excluding hydrogens is 295 g/mol. The highest BCUT2D eigenvalue weighted by molar-refractivity contribution is 6.29. The molecule has 0 saturated carbocycles. The van der Waals surface area contributed by atoms with Crippen molar-refractivity contribution in [3.05, 3.63) is 48.3 Å². The largest absolute Gasteiger partial charge is 0.436 e. The Labute approximate surface area is 124 Å². The number of halogens is 2. The van der Waals surface area contributed by atoms with Gasteiger partial charge in [-0.1, -0.05) is 6.07 Å². The topological polar surface area (TPSA) is 55.1 Å². The fraction of sp³-hybridized carbons (Fsp3) is 0.0667. The fourth-order valence-corrected chi connectivity index (χ4v) is 2.01. The zero-order chi connectivity index (χ0) is 14.8. The molecule has 0 radical (unpaired) electrons. The number of hydrogen-bond acceptors (Lipinski definition) is 3. The molecule has 0 unspecified atom stereocenters. The molecule has 1 amide bonds. The number of oxazole rings is 1. The number of nitrogens with zero attached hydrogens (tertiary/aromatic N) is 1. The second-order valence-electron chi connectivity index (χ2n) is 4.39. The Morgan fingerprint density at radius 1 is 1.29 bits per heavy atom. The van der Waals surface area contributed by atoms with Crippen molar-refractivity contribution in [3.8, 4) is 11.5 Å². The average Bonchev–Trinajstić information content (AvgIpc) is 2.90. The SMILES string of the molecule is O=C(CCl)Nc1ccc2oc(-c3cccc(F)c3)nc2c1. The van der Waals surface area contributed by atoms with E-state index < -0.39 is 0 Å². The second kappa shape index (κ2) is 5.54. The molecule has 0 fully saturated rings. The normalized spacial score (nSPS) is 10.8. The molecule has 0 aliphatic heterocycles. The standard InChI is InChI=1S/C15H10ClFN2O2/c16-8-14(20)18-11-4-5-13-12(7-11)19-15(21-13)9-2-1-3-10(17)6-9/h1-7H,8H2,(H,18,20). The molecule has 21 heavy (non-hydrogen) atoms. The molecule has 1 heterocycles. The van der Waals surface area contributed by atoms with Gasteiger partial charge in [-0.25, -0.2) is 9.37 Å². The van der Waals surface area contributed by atoms with Crippen LogP contribution in [0.2, 0.25) is 0 Å². The zero-order valence-electron chi connectivity index (χ0n) is 10.8. The number of benzene rings is 2. The first-order valence-electron chi connectivity index (χ1n) is 6.18. The van der Waals surface area contributed by atoms with E-state index in [2.05, 4.69) is 10.3 Å². The van der Waals surface area contributed by atoms with E-state index in [1.54, 1.807) is 30.3 Å². The van der Waals surface area contributed by atoms with E-state index in [1.165, 1.54) is 12.1 Å². The lowest BCUT2D eigenvalue weighted by molar-refractivity contribution is -0.113. The predicted octanol–water partition coefficient (Wildman–Crippen LogP) is 3.81. The number of hydrogen-bond donors (Lipinski definition) is 1. The van der Waals surface area contributed by atoms with E-state index in [1.807, 2.05) is 0 Å². The first-order valence-corrected chi connectivity index (χ1v) is 6.71. The number of alkyl halides is 1. The lowest BCUT2D eigenvalue weighted by Gasteiger charge is -2.01. The van der Waals surface area contributed by atoms with Crippen LogP contribution in [0.4, 0.5) is 10.1 Å². The summed E-state index contributed by atoms with van der Waals surface area (Å²) in [5, 5.41) is 2.63. The Bertz CT molecular complexity index is 816. The third-order valence-electron chi connectivity index (χ3n) is 2.86. The maximum absolute atomic E-state index is 13.2. The van der Waals surface area contributed by atoms with Crippen LogP contribution < -0.4 is 5.32 Å². The summed E-state index contributed by atoms with van der Waals surface area (Å²) in [5.74, 6) is -0.453. The molecule has 4 nitrogen and oxygen atoms in total. The molecule has 6 heteroatoms. The lowest BCUT2D eigenvalue weighted by atomic mass is 10.2. The summed E-state index contributed by atoms with van der Waals surface area (Å²) >= 11 is 5.44. The van der Waals surface area contributed by atoms with Crippen molar-refractivity contribution >= 4 is 34.3 Å². The van der Waals surface area contributed by atoms with Gasteiger partial charge in [0.05, 0.1) is 0 Å². The molecule has 106 valence electrons. The number of aromatic nitrogens is 1. The third-order valence-corrected chi connectivity index (χ3v) is 3.11. The summed E-state index contributed by atoms with van der Waals surface area (Å²) in [6.07, 6.45) is 0. The minimum absolute atomic E-state index is 0.120. The number of rotatable bonds is 3. The van der Waals surface area contributed by atoms with Crippen LogP contribution in [0.1, 0.15) is 0 Å². The van der Waals surface area contributed by atoms with Gasteiger partial charge in [-0.15, -0.1) is 11.6 Å². The minimum atomic E-state index is -0.357. The van der Waals surface area contributed by atoms with E-state index in [0.29, 0.717) is 28.2 Å². The molecular formula is C15H10ClFN2O2. The number of carbonyl (C=O) groups excluding carboxylic acids is 1. The summed E-state index contributed by atoms with van der Waals surface area (Å²) in [4.78, 5) is 15.6. The van der Waals surface area contributed by atoms with Gasteiger partial charge in [-0.05, 0) is 36.4 Å². The molecule has 0 aliphatic rings. The molecule has 1 N–H and O–H groups in total. The summed E-state index contributed by atoms with van der Waals surface area (Å²) in [5.41, 5.74) is 2.25. The Morgan fingerprint density at radius 3 is 2.90 bits per heavy atom. The summed E-state index contributed by atoms with van der Waals surface area (Å²) in [6, 6.07) is 11.1. The van der Waals surface area contributed by atoms with E-state index in [-0.39, 0.29) is 17.6 Å². The van der Waals surface area contributed by atoms with Crippen molar-refractivity contribution in [1.29, 1.82) is 0 Å². The second-order valence-corrected chi connectivity index (χ2v) is 4.66. The number of fused-ring (bicyclic) bond motifs is 1. The van der Waals surface area contributed by atoms with Crippen molar-refractivity contribution < 1.29 is 13.6 Å². The van der Waals surface area contributed by atoms with Crippen molar-refractivity contribution in [2.45, 2.75) is 0 Å². The maximum atomic E-state index is 13.2. The van der Waals surface area contributed by atoms with Crippen LogP contribution in [0, 0.1) is 5.82 Å². The third kappa shape index (κ3) is 2.87. The number of amides is 1. The van der Waals surface area contributed by atoms with Crippen LogP contribution in [-0.4, -0.2) is 16.8 Å². The summed E-state index contributed by atoms with van der Waals surface area (Å²) < 4.78 is 18.8. The fourth-order valence-electron chi connectivity index (χ4n) is 1.94. The Balaban J connectivity index is 1.98. The van der Waals surface area contributed by atoms with Crippen molar-refractivity contribution in [2.75, 3.05) is 11.2 Å². The molecule has 2 aromatic carbocycles. The van der Waals surface area contributed by atoms with E-state index in [4.69, 9.17) is 16.0 Å². The van der Waals surface area contributed by atoms with Crippen molar-refractivity contribution in [3.63, 3.8) is 0 Å². The van der Waals surface area contributed by atoms with Crippen LogP contribution in [0.3, 0.4) is 0 Å². The summed E-state index contributed by atoms with van der Waals surface area (Å²) in [6.45, 7) is 0. The smallest absolute Gasteiger partial charge is 0.239 e. The molecule has 1 aromatic heterocycles. The highest BCUT2D eigenvalue weighted by atomic mass is 35.5. The molecule has 0 spiro atoms. The van der Waals surface area contributed by atoms with E-state index in [0.717, 1.165) is 0 Å². The van der Waals surface area contributed by atoms with Crippen molar-refractivity contribution in [2.24, 2.45) is 0 Å². The highest BCUT2D eigenvalue weighted by Crippen LogP contribution is 2.26. The maximum Gasteiger partial charge on any atom is 0.239 e. The monoisotopic (exact) mass is 304 g/mol. The van der Waals surface area contributed by atoms with E-state index in [9.17, 15) is 9.18 Å². The van der Waals surface area contributed by atoms with Crippen LogP contribution in [-0.2, 0) is 4.79 Å². The molecule has 0 saturated heterocycles. The van der Waals surface area contributed by atoms with Gasteiger partial charge in [0.15, 0.2) is 5.58 Å². The van der Waals surface area contributed by atoms with Gasteiger partial charge >= 0.3 is 0 Å². The number of carbonyl (C=O) groups is 1. The first kappa shape index (κ1) is 13.6. The Kier molecular flexibility index (Phi) is 3.58. The lowest BCUT2D eigenvalue weighted by Crippen LogP contribution is -2.12. The predicted molar refractivity (Wildman–Crippen MR) is 78.8 cm³/mol. The van der Waals surface area contributed by atoms with Gasteiger partial charge in [-0.3, -0.25) is 4.79 Å². The Morgan fingerprint density at radius 2 is 2.14 bits per heavy atom. The molecule has 3 aromatic rings. The van der Waals surface area contributed by atoms with Gasteiger partial charge in [-0.2, -0.15) is 0 Å². The average molecular weight is 305 g/mol. The number of anilines is 1. The molecule has 0 atom stereocenters. The summed E-state index contributed by atoms with van der Waals surface area (Å²) in [7, 11) is 0. The van der Waals surface area contributed by atoms with Crippen LogP contribution in [0.25, 0.3) is 22.6 Å². The van der Waals surface area contributed by atoms with E-state index >= 15 is 0 Å². The van der Waals surface area contributed by atoms with Gasteiger partial charge in [0.2, 0.25) is 11.8 Å². The minimum Gasteiger partial charge on any atom is -0.436 e. The molecule has 0 aliphatic carbocycles. The van der Waals surface area contributed by atoms with Gasteiger partial charge in [0, 0.05) is 11.3 Å². The Hall–Kier alpha value is -2.40. The molecule has 0 bridgehead atoms. The van der Waals surface area contributed by atoms with Gasteiger partial charge in [0.1, 0.15) is 17.2 Å². The van der Waals surface area contributed by atoms with Crippen molar-refractivity contribution in [1.82, 2.24) is 4.98 Å². The number of nitrogens with one attached hydrogen (secondary N) is 1. The van der Waals surface area contributed by atoms with Crippen LogP contribution >= 0.6 is 11.6 Å².